The van der Waals surface area contributed by atoms with E-state index in [1.54, 1.807) is 0 Å². The number of aromatic amines is 1. The molecule has 0 bridgehead atoms. The summed E-state index contributed by atoms with van der Waals surface area (Å²) in [6, 6.07) is 0. The molecule has 1 atom stereocenters. The van der Waals surface area contributed by atoms with Crippen molar-refractivity contribution in [3.05, 3.63) is 17.5 Å². The highest BCUT2D eigenvalue weighted by Gasteiger charge is 2.21. The van der Waals surface area contributed by atoms with E-state index in [2.05, 4.69) is 29.4 Å². The van der Waals surface area contributed by atoms with Crippen molar-refractivity contribution in [1.29, 1.82) is 0 Å². The van der Waals surface area contributed by atoms with Gasteiger partial charge in [0, 0.05) is 24.3 Å². The van der Waals surface area contributed by atoms with Crippen molar-refractivity contribution in [3.8, 4) is 0 Å². The lowest BCUT2D eigenvalue weighted by atomic mass is 9.94. The number of hydrogen-bond donors (Lipinski definition) is 3. The van der Waals surface area contributed by atoms with E-state index in [9.17, 15) is 5.11 Å². The number of hydrogen-bond acceptors (Lipinski definition) is 3. The van der Waals surface area contributed by atoms with E-state index in [4.69, 9.17) is 0 Å². The van der Waals surface area contributed by atoms with Gasteiger partial charge in [-0.15, -0.1) is 0 Å². The van der Waals surface area contributed by atoms with Gasteiger partial charge in [-0.2, -0.15) is 5.10 Å². The van der Waals surface area contributed by atoms with Gasteiger partial charge < -0.3 is 10.4 Å². The van der Waals surface area contributed by atoms with Gasteiger partial charge >= 0.3 is 0 Å². The fourth-order valence-corrected chi connectivity index (χ4v) is 1.97. The van der Waals surface area contributed by atoms with Crippen LogP contribution in [0.1, 0.15) is 38.4 Å². The second-order valence-electron chi connectivity index (χ2n) is 5.22. The Balaban J connectivity index is 2.32. The third-order valence-corrected chi connectivity index (χ3v) is 2.60. The minimum Gasteiger partial charge on any atom is -0.389 e. The first-order valence-electron chi connectivity index (χ1n) is 5.82. The Morgan fingerprint density at radius 3 is 2.75 bits per heavy atom. The van der Waals surface area contributed by atoms with Crippen molar-refractivity contribution in [2.45, 2.75) is 46.3 Å². The van der Waals surface area contributed by atoms with Gasteiger partial charge in [-0.3, -0.25) is 5.10 Å². The topological polar surface area (TPSA) is 60.9 Å². The van der Waals surface area contributed by atoms with E-state index in [0.717, 1.165) is 24.2 Å². The van der Waals surface area contributed by atoms with E-state index >= 15 is 0 Å². The molecule has 0 amide bonds. The number of aryl methyl sites for hydroxylation is 1. The van der Waals surface area contributed by atoms with E-state index < -0.39 is 5.60 Å². The predicted octanol–water partition coefficient (Wildman–Crippen LogP) is 1.60. The molecule has 4 heteroatoms. The third-order valence-electron chi connectivity index (χ3n) is 2.60. The van der Waals surface area contributed by atoms with Crippen LogP contribution in [0.2, 0.25) is 0 Å². The molecule has 1 aromatic heterocycles. The van der Waals surface area contributed by atoms with Crippen molar-refractivity contribution < 1.29 is 5.11 Å². The van der Waals surface area contributed by atoms with Crippen LogP contribution < -0.4 is 5.32 Å². The van der Waals surface area contributed by atoms with Gasteiger partial charge in [0.25, 0.3) is 0 Å². The van der Waals surface area contributed by atoms with E-state index in [1.807, 2.05) is 20.0 Å². The standard InChI is InChI=1S/C12H23N3O/c1-9(2)5-12(4,16)8-13-6-11-7-14-15-10(11)3/h7,9,13,16H,5-6,8H2,1-4H3,(H,14,15). The van der Waals surface area contributed by atoms with Gasteiger partial charge in [-0.25, -0.2) is 0 Å². The average Bonchev–Trinajstić information content (AvgIpc) is 2.49. The summed E-state index contributed by atoms with van der Waals surface area (Å²) in [6.45, 7) is 9.47. The molecule has 3 N–H and O–H groups in total. The maximum Gasteiger partial charge on any atom is 0.0746 e. The van der Waals surface area contributed by atoms with E-state index in [1.165, 1.54) is 0 Å². The molecule has 1 rings (SSSR count). The van der Waals surface area contributed by atoms with Crippen molar-refractivity contribution in [2.75, 3.05) is 6.54 Å². The summed E-state index contributed by atoms with van der Waals surface area (Å²) >= 11 is 0. The summed E-state index contributed by atoms with van der Waals surface area (Å²) in [6.07, 6.45) is 2.63. The molecule has 1 heterocycles. The Bertz CT molecular complexity index is 318. The van der Waals surface area contributed by atoms with Crippen LogP contribution in [0.15, 0.2) is 6.20 Å². The zero-order valence-corrected chi connectivity index (χ0v) is 10.7. The molecule has 0 saturated carbocycles. The molecule has 1 aromatic rings. The normalized spacial score (nSPS) is 15.4. The van der Waals surface area contributed by atoms with Crippen LogP contribution in [0, 0.1) is 12.8 Å². The Hall–Kier alpha value is -0.870. The molecular weight excluding hydrogens is 202 g/mol. The lowest BCUT2D eigenvalue weighted by Gasteiger charge is -2.25. The molecule has 0 fully saturated rings. The summed E-state index contributed by atoms with van der Waals surface area (Å²) in [5, 5.41) is 20.2. The van der Waals surface area contributed by atoms with Gasteiger partial charge in [0.15, 0.2) is 0 Å². The van der Waals surface area contributed by atoms with E-state index in [0.29, 0.717) is 12.5 Å². The minimum atomic E-state index is -0.633. The first-order valence-corrected chi connectivity index (χ1v) is 5.82. The van der Waals surface area contributed by atoms with Crippen molar-refractivity contribution >= 4 is 0 Å². The monoisotopic (exact) mass is 225 g/mol. The Labute approximate surface area is 97.5 Å². The van der Waals surface area contributed by atoms with Crippen LogP contribution in [0.25, 0.3) is 0 Å². The number of aromatic nitrogens is 2. The van der Waals surface area contributed by atoms with Crippen molar-refractivity contribution in [3.63, 3.8) is 0 Å². The quantitative estimate of drug-likeness (QED) is 0.689. The molecular formula is C12H23N3O. The molecule has 0 aliphatic carbocycles. The zero-order valence-electron chi connectivity index (χ0n) is 10.7. The lowest BCUT2D eigenvalue weighted by molar-refractivity contribution is 0.0383. The highest BCUT2D eigenvalue weighted by molar-refractivity contribution is 5.13. The fraction of sp³-hybridized carbons (Fsp3) is 0.750. The van der Waals surface area contributed by atoms with Crippen LogP contribution in [0.5, 0.6) is 0 Å². The maximum absolute atomic E-state index is 10.1. The molecule has 0 radical (unpaired) electrons. The average molecular weight is 225 g/mol. The van der Waals surface area contributed by atoms with Gasteiger partial charge in [0.05, 0.1) is 11.8 Å². The Morgan fingerprint density at radius 2 is 2.25 bits per heavy atom. The molecule has 0 aliphatic heterocycles. The van der Waals surface area contributed by atoms with Crippen LogP contribution in [-0.4, -0.2) is 27.4 Å². The van der Waals surface area contributed by atoms with Crippen molar-refractivity contribution in [1.82, 2.24) is 15.5 Å². The van der Waals surface area contributed by atoms with Crippen LogP contribution >= 0.6 is 0 Å². The first-order chi connectivity index (χ1) is 7.41. The number of aliphatic hydroxyl groups is 1. The Kier molecular flexibility index (Phi) is 4.50. The van der Waals surface area contributed by atoms with Crippen LogP contribution in [-0.2, 0) is 6.54 Å². The molecule has 4 nitrogen and oxygen atoms in total. The Morgan fingerprint density at radius 1 is 1.56 bits per heavy atom. The molecule has 0 spiro atoms. The second kappa shape index (κ2) is 5.46. The number of rotatable bonds is 6. The van der Waals surface area contributed by atoms with Gasteiger partial charge in [-0.05, 0) is 26.2 Å². The highest BCUT2D eigenvalue weighted by Crippen LogP contribution is 2.15. The highest BCUT2D eigenvalue weighted by atomic mass is 16.3. The summed E-state index contributed by atoms with van der Waals surface area (Å²) in [5.74, 6) is 0.507. The first kappa shape index (κ1) is 13.2. The van der Waals surface area contributed by atoms with Gasteiger partial charge in [0.2, 0.25) is 0 Å². The second-order valence-corrected chi connectivity index (χ2v) is 5.22. The fourth-order valence-electron chi connectivity index (χ4n) is 1.97. The van der Waals surface area contributed by atoms with Gasteiger partial charge in [0.1, 0.15) is 0 Å². The van der Waals surface area contributed by atoms with E-state index in [-0.39, 0.29) is 0 Å². The van der Waals surface area contributed by atoms with Gasteiger partial charge in [-0.1, -0.05) is 13.8 Å². The molecule has 16 heavy (non-hydrogen) atoms. The molecule has 1 unspecified atom stereocenters. The van der Waals surface area contributed by atoms with Crippen LogP contribution in [0.4, 0.5) is 0 Å². The largest absolute Gasteiger partial charge is 0.389 e. The predicted molar refractivity (Wildman–Crippen MR) is 65.1 cm³/mol. The van der Waals surface area contributed by atoms with Crippen LogP contribution in [0.3, 0.4) is 0 Å². The number of nitrogens with zero attached hydrogens (tertiary/aromatic N) is 1. The molecule has 0 saturated heterocycles. The molecule has 92 valence electrons. The maximum atomic E-state index is 10.1. The zero-order chi connectivity index (χ0) is 12.2. The SMILES string of the molecule is Cc1[nH]ncc1CNCC(C)(O)CC(C)C. The number of H-pyrrole nitrogens is 1. The minimum absolute atomic E-state index is 0.507. The lowest BCUT2D eigenvalue weighted by Crippen LogP contribution is -2.38. The molecule has 0 aliphatic rings. The summed E-state index contributed by atoms with van der Waals surface area (Å²) in [5.41, 5.74) is 1.60. The summed E-state index contributed by atoms with van der Waals surface area (Å²) < 4.78 is 0. The summed E-state index contributed by atoms with van der Waals surface area (Å²) in [7, 11) is 0. The third kappa shape index (κ3) is 4.33. The summed E-state index contributed by atoms with van der Waals surface area (Å²) in [4.78, 5) is 0. The smallest absolute Gasteiger partial charge is 0.0746 e. The molecule has 0 aromatic carbocycles. The number of nitrogens with one attached hydrogen (secondary N) is 2. The van der Waals surface area contributed by atoms with Crippen molar-refractivity contribution in [2.24, 2.45) is 5.92 Å².